The van der Waals surface area contributed by atoms with Crippen LogP contribution in [0.5, 0.6) is 0 Å². The number of anilines is 1. The maximum atomic E-state index is 13.7. The Morgan fingerprint density at radius 3 is 2.11 bits per heavy atom. The maximum Gasteiger partial charge on any atom is 0.416 e. The summed E-state index contributed by atoms with van der Waals surface area (Å²) in [4.78, 5) is 15.4. The maximum absolute atomic E-state index is 13.7. The van der Waals surface area contributed by atoms with Gasteiger partial charge in [0.25, 0.3) is 0 Å². The number of hydrogen-bond donors (Lipinski definition) is 1. The minimum absolute atomic E-state index is 0.0689. The third-order valence-corrected chi connectivity index (χ3v) is 7.00. The molecule has 1 atom stereocenters. The monoisotopic (exact) mass is 553 g/mol. The molecule has 1 N–H and O–H groups in total. The molecule has 1 unspecified atom stereocenters. The van der Waals surface area contributed by atoms with Gasteiger partial charge in [-0.1, -0.05) is 19.4 Å². The zero-order chi connectivity index (χ0) is 27.2. The van der Waals surface area contributed by atoms with Crippen molar-refractivity contribution in [1.82, 2.24) is 10.3 Å². The van der Waals surface area contributed by atoms with Crippen LogP contribution in [0.1, 0.15) is 42.9 Å². The summed E-state index contributed by atoms with van der Waals surface area (Å²) in [6.45, 7) is 0. The summed E-state index contributed by atoms with van der Waals surface area (Å²) in [6, 6.07) is -0.685. The van der Waals surface area contributed by atoms with Gasteiger partial charge in [0.2, 0.25) is 11.8 Å². The molecular formula is C21H21F10N3OS. The average Bonchev–Trinajstić information content (AvgIpc) is 2.73. The van der Waals surface area contributed by atoms with Crippen LogP contribution in [0.4, 0.5) is 47.1 Å². The molecule has 1 saturated carbocycles. The minimum atomic E-state index is -10.0. The average molecular weight is 553 g/mol. The molecule has 15 heteroatoms. The summed E-state index contributed by atoms with van der Waals surface area (Å²) in [5.74, 6) is -3.99. The van der Waals surface area contributed by atoms with Gasteiger partial charge in [-0.3, -0.25) is 9.78 Å². The van der Waals surface area contributed by atoms with Crippen molar-refractivity contribution in [3.63, 3.8) is 0 Å². The molecule has 1 aromatic heterocycles. The fraction of sp³-hybridized carbons (Fsp3) is 0.429. The molecule has 1 fully saturated rings. The largest absolute Gasteiger partial charge is 0.416 e. The van der Waals surface area contributed by atoms with E-state index in [0.717, 1.165) is 24.3 Å². The predicted octanol–water partition coefficient (Wildman–Crippen LogP) is 7.63. The predicted molar refractivity (Wildman–Crippen MR) is 114 cm³/mol. The zero-order valence-electron chi connectivity index (χ0n) is 18.5. The standard InChI is InChI=1S/C21H21F10N3OS/c1-34(14-2-4-15(5-3-14)36(27,28,29,30)31)18(16-12-32-11-8-17(16)21(24,25)26)19(35)33-13-6-9-20(22,23)10-7-13/h2-5,8,11-13,18H,6-7,9-10H2,1H3,(H,33,35). The van der Waals surface area contributed by atoms with Crippen LogP contribution >= 0.6 is 10.2 Å². The van der Waals surface area contributed by atoms with Gasteiger partial charge in [0.15, 0.2) is 0 Å². The Balaban J connectivity index is 2.00. The van der Waals surface area contributed by atoms with E-state index in [0.29, 0.717) is 18.2 Å². The van der Waals surface area contributed by atoms with E-state index < -0.39 is 69.2 Å². The van der Waals surface area contributed by atoms with Crippen molar-refractivity contribution in [2.75, 3.05) is 11.9 Å². The lowest BCUT2D eigenvalue weighted by Gasteiger charge is -2.40. The van der Waals surface area contributed by atoms with E-state index in [1.54, 1.807) is 0 Å². The first-order valence-corrected chi connectivity index (χ1v) is 12.4. The second kappa shape index (κ2) is 8.42. The van der Waals surface area contributed by atoms with E-state index in [1.165, 1.54) is 0 Å². The molecule has 0 aliphatic heterocycles. The van der Waals surface area contributed by atoms with Crippen molar-refractivity contribution in [3.05, 3.63) is 53.9 Å². The Kier molecular flexibility index (Phi) is 6.52. The number of nitrogens with zero attached hydrogens (tertiary/aromatic N) is 2. The Morgan fingerprint density at radius 2 is 1.61 bits per heavy atom. The fourth-order valence-electron chi connectivity index (χ4n) is 3.96. The molecule has 202 valence electrons. The summed E-state index contributed by atoms with van der Waals surface area (Å²) >= 11 is 0. The first-order valence-electron chi connectivity index (χ1n) is 10.4. The topological polar surface area (TPSA) is 45.2 Å². The van der Waals surface area contributed by atoms with Crippen molar-refractivity contribution >= 4 is 21.8 Å². The van der Waals surface area contributed by atoms with Crippen molar-refractivity contribution in [2.45, 2.75) is 54.8 Å². The number of likely N-dealkylation sites (N-methyl/N-ethyl adjacent to an activating group) is 1. The van der Waals surface area contributed by atoms with E-state index >= 15 is 0 Å². The summed E-state index contributed by atoms with van der Waals surface area (Å²) in [5.41, 5.74) is -2.21. The minimum Gasteiger partial charge on any atom is -0.359 e. The molecule has 0 bridgehead atoms. The second-order valence-corrected chi connectivity index (χ2v) is 11.0. The quantitative estimate of drug-likeness (QED) is 0.374. The van der Waals surface area contributed by atoms with Gasteiger partial charge >= 0.3 is 16.4 Å². The number of halogens is 10. The summed E-state index contributed by atoms with van der Waals surface area (Å²) in [7, 11) is -8.93. The molecule has 1 aliphatic carbocycles. The van der Waals surface area contributed by atoms with Crippen molar-refractivity contribution in [2.24, 2.45) is 0 Å². The van der Waals surface area contributed by atoms with E-state index in [2.05, 4.69) is 10.3 Å². The Labute approximate surface area is 199 Å². The lowest BCUT2D eigenvalue weighted by atomic mass is 9.91. The summed E-state index contributed by atoms with van der Waals surface area (Å²) in [6.07, 6.45) is -4.75. The van der Waals surface area contributed by atoms with E-state index in [-0.39, 0.29) is 30.7 Å². The number of pyridine rings is 1. The van der Waals surface area contributed by atoms with Crippen LogP contribution < -0.4 is 10.2 Å². The molecule has 2 aromatic rings. The highest BCUT2D eigenvalue weighted by Crippen LogP contribution is 3.02. The van der Waals surface area contributed by atoms with Crippen LogP contribution in [0.2, 0.25) is 0 Å². The highest BCUT2D eigenvalue weighted by molar-refractivity contribution is 8.45. The highest BCUT2D eigenvalue weighted by atomic mass is 32.5. The molecule has 1 amide bonds. The number of amides is 1. The molecule has 4 nitrogen and oxygen atoms in total. The molecule has 1 aromatic carbocycles. The lowest BCUT2D eigenvalue weighted by molar-refractivity contribution is -0.138. The molecule has 0 saturated heterocycles. The van der Waals surface area contributed by atoms with Crippen LogP contribution in [0.3, 0.4) is 0 Å². The first-order chi connectivity index (χ1) is 16.2. The molecule has 0 radical (unpaired) electrons. The third kappa shape index (κ3) is 6.53. The van der Waals surface area contributed by atoms with Crippen LogP contribution in [0, 0.1) is 0 Å². The smallest absolute Gasteiger partial charge is 0.359 e. The third-order valence-electron chi connectivity index (χ3n) is 5.84. The van der Waals surface area contributed by atoms with Crippen LogP contribution in [-0.4, -0.2) is 29.9 Å². The number of rotatable bonds is 6. The number of aromatic nitrogens is 1. The van der Waals surface area contributed by atoms with Gasteiger partial charge in [0, 0.05) is 49.6 Å². The molecule has 1 heterocycles. The molecule has 3 rings (SSSR count). The highest BCUT2D eigenvalue weighted by Gasteiger charge is 2.65. The lowest BCUT2D eigenvalue weighted by Crippen LogP contribution is -2.46. The van der Waals surface area contributed by atoms with Gasteiger partial charge < -0.3 is 10.2 Å². The molecular weight excluding hydrogens is 532 g/mol. The number of benzene rings is 1. The van der Waals surface area contributed by atoms with Gasteiger partial charge in [-0.05, 0) is 43.2 Å². The fourth-order valence-corrected chi connectivity index (χ4v) is 4.61. The van der Waals surface area contributed by atoms with Crippen LogP contribution in [0.15, 0.2) is 47.6 Å². The van der Waals surface area contributed by atoms with Crippen LogP contribution in [0.25, 0.3) is 0 Å². The van der Waals surface area contributed by atoms with Gasteiger partial charge in [-0.15, -0.1) is 0 Å². The summed E-state index contributed by atoms with van der Waals surface area (Å²) in [5, 5.41) is 2.43. The SMILES string of the molecule is CN(c1ccc(S(F)(F)(F)(F)F)cc1)C(C(=O)NC1CCC(F)(F)CC1)c1cnccc1C(F)(F)F. The van der Waals surface area contributed by atoms with Gasteiger partial charge in [0.1, 0.15) is 10.9 Å². The van der Waals surface area contributed by atoms with E-state index in [1.807, 2.05) is 0 Å². The number of carbonyl (C=O) groups excluding carboxylic acids is 1. The first kappa shape index (κ1) is 27.9. The van der Waals surface area contributed by atoms with Gasteiger partial charge in [-0.25, -0.2) is 8.78 Å². The van der Waals surface area contributed by atoms with Gasteiger partial charge in [-0.2, -0.15) is 13.2 Å². The Hall–Kier alpha value is -2.71. The van der Waals surface area contributed by atoms with Crippen LogP contribution in [-0.2, 0) is 11.0 Å². The van der Waals surface area contributed by atoms with Crippen molar-refractivity contribution in [3.8, 4) is 0 Å². The van der Waals surface area contributed by atoms with Crippen molar-refractivity contribution in [1.29, 1.82) is 0 Å². The normalized spacial score (nSPS) is 19.6. The Bertz CT molecular complexity index is 1110. The summed E-state index contributed by atoms with van der Waals surface area (Å²) < 4.78 is 133. The number of carbonyl (C=O) groups is 1. The van der Waals surface area contributed by atoms with E-state index in [4.69, 9.17) is 0 Å². The number of hydrogen-bond acceptors (Lipinski definition) is 3. The molecule has 0 spiro atoms. The number of alkyl halides is 5. The zero-order valence-corrected chi connectivity index (χ0v) is 19.3. The Morgan fingerprint density at radius 1 is 1.06 bits per heavy atom. The molecule has 36 heavy (non-hydrogen) atoms. The second-order valence-electron chi connectivity index (χ2n) is 8.58. The van der Waals surface area contributed by atoms with Gasteiger partial charge in [0.05, 0.1) is 5.56 Å². The van der Waals surface area contributed by atoms with E-state index in [9.17, 15) is 46.2 Å². The number of nitrogens with one attached hydrogen (secondary N) is 1. The molecule has 1 aliphatic rings. The van der Waals surface area contributed by atoms with Crippen molar-refractivity contribution < 1.29 is 46.2 Å².